The minimum atomic E-state index is -4.82. The second-order valence-electron chi connectivity index (χ2n) is 14.8. The number of halogens is 3. The number of ether oxygens (including phenoxy) is 3. The van der Waals surface area contributed by atoms with Crippen LogP contribution in [0.3, 0.4) is 0 Å². The van der Waals surface area contributed by atoms with E-state index < -0.39 is 59.9 Å². The molecule has 0 saturated carbocycles. The Morgan fingerprint density at radius 3 is 2.02 bits per heavy atom. The van der Waals surface area contributed by atoms with Crippen molar-refractivity contribution >= 4 is 34.8 Å². The second kappa shape index (κ2) is 17.8. The van der Waals surface area contributed by atoms with Crippen molar-refractivity contribution in [3.8, 4) is 23.1 Å². The molecule has 2 saturated heterocycles. The van der Waals surface area contributed by atoms with Crippen LogP contribution in [0.2, 0.25) is 0 Å². The summed E-state index contributed by atoms with van der Waals surface area (Å²) in [7, 11) is 3.86. The van der Waals surface area contributed by atoms with Gasteiger partial charge in [0.15, 0.2) is 5.69 Å². The predicted molar refractivity (Wildman–Crippen MR) is 208 cm³/mol. The van der Waals surface area contributed by atoms with E-state index in [2.05, 4.69) is 47.1 Å². The fourth-order valence-corrected chi connectivity index (χ4v) is 7.51. The quantitative estimate of drug-likeness (QED) is 0.143. The number of benzene rings is 2. The highest BCUT2D eigenvalue weighted by Gasteiger charge is 2.42. The van der Waals surface area contributed by atoms with Crippen LogP contribution < -0.4 is 10.6 Å². The van der Waals surface area contributed by atoms with Gasteiger partial charge in [-0.2, -0.15) is 13.2 Å². The molecule has 15 nitrogen and oxygen atoms in total. The molecule has 0 bridgehead atoms. The van der Waals surface area contributed by atoms with Crippen molar-refractivity contribution in [2.75, 3.05) is 34.4 Å². The number of amides is 4. The monoisotopic (exact) mass is 820 g/mol. The first kappa shape index (κ1) is 42.5. The maximum atomic E-state index is 14.3. The molecule has 314 valence electrons. The van der Waals surface area contributed by atoms with Crippen LogP contribution >= 0.6 is 0 Å². The third-order valence-electron chi connectivity index (χ3n) is 10.7. The van der Waals surface area contributed by atoms with Crippen molar-refractivity contribution in [2.24, 2.45) is 5.92 Å². The van der Waals surface area contributed by atoms with Crippen LogP contribution in [0.4, 0.5) is 22.8 Å². The fraction of sp³-hybridized carbons (Fsp3) is 0.463. The number of methoxy groups -OCH3 is 3. The van der Waals surface area contributed by atoms with Gasteiger partial charge in [-0.05, 0) is 73.4 Å². The zero-order valence-corrected chi connectivity index (χ0v) is 33.5. The first-order chi connectivity index (χ1) is 28.1. The molecule has 4 aromatic rings. The summed E-state index contributed by atoms with van der Waals surface area (Å²) < 4.78 is 57.5. The number of nitrogens with zero attached hydrogens (tertiary/aromatic N) is 4. The standard InChI is InChI=1S/C41H47F3N8O7/c1-22(2)32(48-39(55)58-5)37(53)52-18-8-10-31(52)36-46-28(34(50-36)41(42,43)44)16-12-24-11-13-26-20-27(15-14-25(26)19-24)29-21-45-35(47-29)30-9-7-17-51(30)38(54)33(23(3)57-4)49-40(56)59-6/h11,13-15,19-23,30-33H,7-10,17-18H2,1-6H3,(H,45,47)(H,46,50)(H,48,55)(H,49,56)/t23-,30?,31?,32+,33+/m1/s1. The van der Waals surface area contributed by atoms with Crippen LogP contribution in [-0.4, -0.2) is 106 Å². The Hall–Kier alpha value is -6.09. The van der Waals surface area contributed by atoms with Crippen LogP contribution in [0.15, 0.2) is 42.6 Å². The number of alkyl carbamates (subject to hydrolysis) is 2. The number of hydrogen-bond donors (Lipinski definition) is 4. The van der Waals surface area contributed by atoms with Gasteiger partial charge in [-0.1, -0.05) is 38.0 Å². The Labute approximate surface area is 338 Å². The lowest BCUT2D eigenvalue weighted by Gasteiger charge is -2.30. The molecule has 4 amide bonds. The SMILES string of the molecule is COC(=O)N[C@H](C(=O)N1CCCC1c1nc(C(F)(F)F)c(C#Cc2ccc3cc(-c4cnc(C5CCCN5C(=O)[C@@H](NC(=O)OC)[C@@H](C)OC)[nH]4)ccc3c2)[nH]1)C(C)C. The summed E-state index contributed by atoms with van der Waals surface area (Å²) in [6.07, 6.45) is -2.92. The Bertz CT molecular complexity index is 2260. The third kappa shape index (κ3) is 9.30. The van der Waals surface area contributed by atoms with Gasteiger partial charge in [0.25, 0.3) is 0 Å². The average Bonchev–Trinajstić information content (AvgIpc) is 4.06. The van der Waals surface area contributed by atoms with Crippen molar-refractivity contribution in [3.63, 3.8) is 0 Å². The molecule has 59 heavy (non-hydrogen) atoms. The molecule has 2 aliphatic heterocycles. The van der Waals surface area contributed by atoms with Gasteiger partial charge in [-0.3, -0.25) is 9.59 Å². The van der Waals surface area contributed by atoms with Gasteiger partial charge in [0.2, 0.25) is 11.8 Å². The highest BCUT2D eigenvalue weighted by molar-refractivity contribution is 5.89. The van der Waals surface area contributed by atoms with Gasteiger partial charge in [-0.15, -0.1) is 0 Å². The molecular weight excluding hydrogens is 773 g/mol. The van der Waals surface area contributed by atoms with Crippen molar-refractivity contribution < 1.29 is 46.6 Å². The molecule has 4 heterocycles. The Kier molecular flexibility index (Phi) is 12.8. The number of carbonyl (C=O) groups excluding carboxylic acids is 4. The predicted octanol–water partition coefficient (Wildman–Crippen LogP) is 5.84. The molecule has 5 atom stereocenters. The summed E-state index contributed by atoms with van der Waals surface area (Å²) in [6.45, 7) is 5.95. The van der Waals surface area contributed by atoms with Crippen LogP contribution in [-0.2, 0) is 30.0 Å². The summed E-state index contributed by atoms with van der Waals surface area (Å²) in [5, 5.41) is 6.75. The molecular formula is C41H47F3N8O7. The number of carbonyl (C=O) groups is 4. The maximum Gasteiger partial charge on any atom is 0.436 e. The van der Waals surface area contributed by atoms with E-state index in [4.69, 9.17) is 9.47 Å². The lowest BCUT2D eigenvalue weighted by Crippen LogP contribution is -2.54. The molecule has 2 aromatic heterocycles. The number of rotatable bonds is 10. The number of alkyl halides is 3. The van der Waals surface area contributed by atoms with Crippen molar-refractivity contribution in [3.05, 3.63) is 71.2 Å². The fourth-order valence-electron chi connectivity index (χ4n) is 7.51. The third-order valence-corrected chi connectivity index (χ3v) is 10.7. The first-order valence-corrected chi connectivity index (χ1v) is 19.2. The Morgan fingerprint density at radius 2 is 1.41 bits per heavy atom. The van der Waals surface area contributed by atoms with Crippen LogP contribution in [0, 0.1) is 17.8 Å². The summed E-state index contributed by atoms with van der Waals surface area (Å²) in [6, 6.07) is 7.99. The highest BCUT2D eigenvalue weighted by atomic mass is 19.4. The summed E-state index contributed by atoms with van der Waals surface area (Å²) in [5.41, 5.74) is 0.416. The molecule has 18 heteroatoms. The Balaban J connectivity index is 1.20. The summed E-state index contributed by atoms with van der Waals surface area (Å²) >= 11 is 0. The van der Waals surface area contributed by atoms with Crippen LogP contribution in [0.25, 0.3) is 22.0 Å². The van der Waals surface area contributed by atoms with Gasteiger partial charge < -0.3 is 44.6 Å². The van der Waals surface area contributed by atoms with Crippen molar-refractivity contribution in [1.82, 2.24) is 40.4 Å². The lowest BCUT2D eigenvalue weighted by molar-refractivity contribution is -0.141. The van der Waals surface area contributed by atoms with Gasteiger partial charge in [0.1, 0.15) is 29.4 Å². The molecule has 2 aliphatic rings. The van der Waals surface area contributed by atoms with Crippen LogP contribution in [0.1, 0.15) is 87.1 Å². The van der Waals surface area contributed by atoms with Crippen LogP contribution in [0.5, 0.6) is 0 Å². The second-order valence-corrected chi connectivity index (χ2v) is 14.8. The summed E-state index contributed by atoms with van der Waals surface area (Å²) in [5.74, 6) is 4.97. The molecule has 0 aliphatic carbocycles. The smallest absolute Gasteiger partial charge is 0.436 e. The number of likely N-dealkylation sites (tertiary alicyclic amines) is 2. The van der Waals surface area contributed by atoms with E-state index in [-0.39, 0.29) is 30.2 Å². The minimum absolute atomic E-state index is 0.0336. The number of nitrogens with one attached hydrogen (secondary N) is 4. The van der Waals surface area contributed by atoms with Crippen molar-refractivity contribution in [1.29, 1.82) is 0 Å². The lowest BCUT2D eigenvalue weighted by atomic mass is 10.0. The zero-order valence-electron chi connectivity index (χ0n) is 33.5. The Morgan fingerprint density at radius 1 is 0.814 bits per heavy atom. The van der Waals surface area contributed by atoms with E-state index in [0.29, 0.717) is 37.2 Å². The number of H-pyrrole nitrogens is 2. The number of aromatic nitrogens is 4. The highest BCUT2D eigenvalue weighted by Crippen LogP contribution is 2.37. The largest absolute Gasteiger partial charge is 0.453 e. The zero-order chi connectivity index (χ0) is 42.6. The van der Waals surface area contributed by atoms with E-state index in [0.717, 1.165) is 28.5 Å². The number of imidazole rings is 2. The average molecular weight is 821 g/mol. The normalized spacial score (nSPS) is 18.3. The molecule has 0 radical (unpaired) electrons. The maximum absolute atomic E-state index is 14.3. The molecule has 6 rings (SSSR count). The van der Waals surface area contributed by atoms with Gasteiger partial charge in [0, 0.05) is 31.3 Å². The topological polar surface area (TPSA) is 184 Å². The first-order valence-electron chi connectivity index (χ1n) is 19.2. The molecule has 2 unspecified atom stereocenters. The molecule has 2 fully saturated rings. The summed E-state index contributed by atoms with van der Waals surface area (Å²) in [4.78, 5) is 68.8. The van der Waals surface area contributed by atoms with Gasteiger partial charge >= 0.3 is 18.4 Å². The van der Waals surface area contributed by atoms with Gasteiger partial charge in [-0.25, -0.2) is 19.6 Å². The van der Waals surface area contributed by atoms with E-state index in [9.17, 15) is 32.3 Å². The minimum Gasteiger partial charge on any atom is -0.453 e. The van der Waals surface area contributed by atoms with E-state index in [1.165, 1.54) is 26.2 Å². The van der Waals surface area contributed by atoms with Crippen molar-refractivity contribution in [2.45, 2.75) is 82.9 Å². The number of aromatic amines is 2. The van der Waals surface area contributed by atoms with E-state index in [1.54, 1.807) is 44.0 Å². The molecule has 0 spiro atoms. The number of fused-ring (bicyclic) bond motifs is 1. The van der Waals surface area contributed by atoms with E-state index in [1.807, 2.05) is 24.3 Å². The van der Waals surface area contributed by atoms with E-state index >= 15 is 0 Å². The number of hydrogen-bond acceptors (Lipinski definition) is 9. The molecule has 2 aromatic carbocycles. The van der Waals surface area contributed by atoms with Gasteiger partial charge in [0.05, 0.1) is 44.3 Å². The molecule has 4 N–H and O–H groups in total.